The fraction of sp³-hybridized carbons (Fsp3) is 0.364. The summed E-state index contributed by atoms with van der Waals surface area (Å²) in [5.41, 5.74) is 1.95. The predicted octanol–water partition coefficient (Wildman–Crippen LogP) is 4.20. The minimum absolute atomic E-state index is 0.0942. The Balaban J connectivity index is 1.87. The molecule has 5 heteroatoms. The van der Waals surface area contributed by atoms with Gasteiger partial charge in [-0.15, -0.1) is 0 Å². The number of rotatable bonds is 8. The third-order valence-electron chi connectivity index (χ3n) is 4.17. The van der Waals surface area contributed by atoms with E-state index in [0.29, 0.717) is 5.92 Å². The minimum Gasteiger partial charge on any atom is -0.445 e. The summed E-state index contributed by atoms with van der Waals surface area (Å²) in [7, 11) is 0. The van der Waals surface area contributed by atoms with Crippen LogP contribution in [0.1, 0.15) is 44.4 Å². The van der Waals surface area contributed by atoms with Crippen LogP contribution in [0.2, 0.25) is 0 Å². The number of carbonyl (C=O) groups excluding carboxylic acids is 2. The van der Waals surface area contributed by atoms with E-state index in [1.54, 1.807) is 6.92 Å². The van der Waals surface area contributed by atoms with Crippen molar-refractivity contribution in [1.29, 1.82) is 0 Å². The molecule has 0 aromatic heterocycles. The Labute approximate surface area is 161 Å². The molecule has 0 unspecified atom stereocenters. The molecule has 0 spiro atoms. The molecule has 2 rings (SSSR count). The Morgan fingerprint density at radius 2 is 1.48 bits per heavy atom. The van der Waals surface area contributed by atoms with Gasteiger partial charge in [0.1, 0.15) is 12.6 Å². The molecule has 2 amide bonds. The average molecular weight is 368 g/mol. The zero-order valence-electron chi connectivity index (χ0n) is 16.1. The van der Waals surface area contributed by atoms with Gasteiger partial charge in [-0.1, -0.05) is 74.5 Å². The van der Waals surface area contributed by atoms with E-state index in [4.69, 9.17) is 4.74 Å². The van der Waals surface area contributed by atoms with E-state index in [-0.39, 0.29) is 18.6 Å². The van der Waals surface area contributed by atoms with Crippen molar-refractivity contribution < 1.29 is 14.3 Å². The van der Waals surface area contributed by atoms with Crippen LogP contribution in [-0.4, -0.2) is 18.0 Å². The van der Waals surface area contributed by atoms with Crippen LogP contribution in [0.15, 0.2) is 60.7 Å². The van der Waals surface area contributed by atoms with Crippen LogP contribution in [0, 0.1) is 5.92 Å². The van der Waals surface area contributed by atoms with Crippen molar-refractivity contribution in [1.82, 2.24) is 10.6 Å². The summed E-state index contributed by atoms with van der Waals surface area (Å²) in [6.45, 7) is 6.05. The molecule has 0 saturated carbocycles. The highest BCUT2D eigenvalue weighted by atomic mass is 16.5. The standard InChI is InChI=1S/C22H28N2O3/c1-16(2)14-20(19-12-8-5-9-13-19)24-21(25)17(3)23-22(26)27-15-18-10-6-4-7-11-18/h4-13,16-17,20H,14-15H2,1-3H3,(H,23,26)(H,24,25)/t17-,20+/m0/s1. The number of amides is 2. The average Bonchev–Trinajstić information content (AvgIpc) is 2.67. The largest absolute Gasteiger partial charge is 0.445 e. The maximum Gasteiger partial charge on any atom is 0.408 e. The first-order chi connectivity index (χ1) is 13.0. The fourth-order valence-corrected chi connectivity index (χ4v) is 2.74. The number of alkyl carbamates (subject to hydrolysis) is 1. The lowest BCUT2D eigenvalue weighted by molar-refractivity contribution is -0.123. The number of hydrogen-bond acceptors (Lipinski definition) is 3. The molecule has 2 atom stereocenters. The van der Waals surface area contributed by atoms with Gasteiger partial charge in [-0.25, -0.2) is 4.79 Å². The highest BCUT2D eigenvalue weighted by Gasteiger charge is 2.21. The van der Waals surface area contributed by atoms with Crippen molar-refractivity contribution in [3.8, 4) is 0 Å². The van der Waals surface area contributed by atoms with Crippen LogP contribution in [0.4, 0.5) is 4.79 Å². The molecule has 2 aromatic rings. The van der Waals surface area contributed by atoms with E-state index >= 15 is 0 Å². The van der Waals surface area contributed by atoms with Gasteiger partial charge in [0, 0.05) is 0 Å². The molecular weight excluding hydrogens is 340 g/mol. The number of ether oxygens (including phenoxy) is 1. The molecule has 0 aliphatic heterocycles. The third-order valence-corrected chi connectivity index (χ3v) is 4.17. The number of hydrogen-bond donors (Lipinski definition) is 2. The zero-order valence-corrected chi connectivity index (χ0v) is 16.1. The van der Waals surface area contributed by atoms with Gasteiger partial charge in [0.2, 0.25) is 5.91 Å². The van der Waals surface area contributed by atoms with Crippen LogP contribution in [-0.2, 0) is 16.1 Å². The van der Waals surface area contributed by atoms with E-state index in [1.807, 2.05) is 60.7 Å². The van der Waals surface area contributed by atoms with Gasteiger partial charge >= 0.3 is 6.09 Å². The van der Waals surface area contributed by atoms with E-state index in [2.05, 4.69) is 24.5 Å². The maximum atomic E-state index is 12.5. The van der Waals surface area contributed by atoms with Crippen molar-refractivity contribution in [2.45, 2.75) is 45.9 Å². The lowest BCUT2D eigenvalue weighted by Gasteiger charge is -2.23. The van der Waals surface area contributed by atoms with Crippen molar-refractivity contribution >= 4 is 12.0 Å². The van der Waals surface area contributed by atoms with Crippen molar-refractivity contribution in [2.75, 3.05) is 0 Å². The fourth-order valence-electron chi connectivity index (χ4n) is 2.74. The van der Waals surface area contributed by atoms with Gasteiger partial charge in [0.15, 0.2) is 0 Å². The van der Waals surface area contributed by atoms with E-state index in [1.165, 1.54) is 0 Å². The SMILES string of the molecule is CC(C)C[C@@H](NC(=O)[C@H](C)NC(=O)OCc1ccccc1)c1ccccc1. The van der Waals surface area contributed by atoms with Gasteiger partial charge in [-0.05, 0) is 30.4 Å². The van der Waals surface area contributed by atoms with Crippen LogP contribution in [0.3, 0.4) is 0 Å². The summed E-state index contributed by atoms with van der Waals surface area (Å²) in [5.74, 6) is 0.191. The summed E-state index contributed by atoms with van der Waals surface area (Å²) in [4.78, 5) is 24.5. The minimum atomic E-state index is -0.688. The van der Waals surface area contributed by atoms with E-state index < -0.39 is 12.1 Å². The van der Waals surface area contributed by atoms with Gasteiger partial charge in [0.25, 0.3) is 0 Å². The second-order valence-electron chi connectivity index (χ2n) is 7.03. The molecule has 27 heavy (non-hydrogen) atoms. The quantitative estimate of drug-likeness (QED) is 0.734. The van der Waals surface area contributed by atoms with Crippen LogP contribution < -0.4 is 10.6 Å². The summed E-state index contributed by atoms with van der Waals surface area (Å²) < 4.78 is 5.17. The lowest BCUT2D eigenvalue weighted by atomic mass is 9.97. The number of carbonyl (C=O) groups is 2. The second kappa shape index (κ2) is 10.4. The highest BCUT2D eigenvalue weighted by Crippen LogP contribution is 2.21. The lowest BCUT2D eigenvalue weighted by Crippen LogP contribution is -2.46. The second-order valence-corrected chi connectivity index (χ2v) is 7.03. The zero-order chi connectivity index (χ0) is 19.6. The van der Waals surface area contributed by atoms with Crippen molar-refractivity contribution in [2.24, 2.45) is 5.92 Å². The Hall–Kier alpha value is -2.82. The molecule has 0 fully saturated rings. The molecule has 0 saturated heterocycles. The normalized spacial score (nSPS) is 12.9. The smallest absolute Gasteiger partial charge is 0.408 e. The Kier molecular flexibility index (Phi) is 7.86. The molecule has 0 heterocycles. The predicted molar refractivity (Wildman–Crippen MR) is 106 cm³/mol. The van der Waals surface area contributed by atoms with Crippen LogP contribution in [0.5, 0.6) is 0 Å². The summed E-state index contributed by atoms with van der Waals surface area (Å²) >= 11 is 0. The molecule has 0 aliphatic rings. The first-order valence-corrected chi connectivity index (χ1v) is 9.28. The Morgan fingerprint density at radius 1 is 0.889 bits per heavy atom. The van der Waals surface area contributed by atoms with E-state index in [0.717, 1.165) is 17.5 Å². The number of benzene rings is 2. The van der Waals surface area contributed by atoms with Crippen molar-refractivity contribution in [3.63, 3.8) is 0 Å². The maximum absolute atomic E-state index is 12.5. The summed E-state index contributed by atoms with van der Waals surface area (Å²) in [6, 6.07) is 18.5. The first-order valence-electron chi connectivity index (χ1n) is 9.28. The molecular formula is C22H28N2O3. The number of nitrogens with one attached hydrogen (secondary N) is 2. The van der Waals surface area contributed by atoms with Crippen molar-refractivity contribution in [3.05, 3.63) is 71.8 Å². The van der Waals surface area contributed by atoms with Crippen LogP contribution in [0.25, 0.3) is 0 Å². The highest BCUT2D eigenvalue weighted by molar-refractivity contribution is 5.85. The summed E-state index contributed by atoms with van der Waals surface area (Å²) in [5, 5.41) is 5.62. The van der Waals surface area contributed by atoms with Gasteiger partial charge in [-0.3, -0.25) is 4.79 Å². The molecule has 0 bridgehead atoms. The molecule has 0 aliphatic carbocycles. The molecule has 144 valence electrons. The van der Waals surface area contributed by atoms with Gasteiger partial charge < -0.3 is 15.4 Å². The Bertz CT molecular complexity index is 717. The first kappa shape index (κ1) is 20.5. The van der Waals surface area contributed by atoms with Gasteiger partial charge in [0.05, 0.1) is 6.04 Å². The Morgan fingerprint density at radius 3 is 2.07 bits per heavy atom. The third kappa shape index (κ3) is 7.13. The molecule has 2 N–H and O–H groups in total. The van der Waals surface area contributed by atoms with E-state index in [9.17, 15) is 9.59 Å². The van der Waals surface area contributed by atoms with Crippen LogP contribution >= 0.6 is 0 Å². The monoisotopic (exact) mass is 368 g/mol. The molecule has 0 radical (unpaired) electrons. The summed E-state index contributed by atoms with van der Waals surface area (Å²) in [6.07, 6.45) is 0.211. The molecule has 2 aromatic carbocycles. The molecule has 5 nitrogen and oxygen atoms in total. The topological polar surface area (TPSA) is 67.4 Å². The van der Waals surface area contributed by atoms with Gasteiger partial charge in [-0.2, -0.15) is 0 Å².